The van der Waals surface area contributed by atoms with Gasteiger partial charge in [-0.1, -0.05) is 0 Å². The summed E-state index contributed by atoms with van der Waals surface area (Å²) in [4.78, 5) is 23.9. The van der Waals surface area contributed by atoms with E-state index in [0.717, 1.165) is 10.7 Å². The molecule has 7 heteroatoms. The summed E-state index contributed by atoms with van der Waals surface area (Å²) >= 11 is 1.33. The zero-order chi connectivity index (χ0) is 12.4. The van der Waals surface area contributed by atoms with Crippen LogP contribution < -0.4 is 0 Å². The molecule has 2 N–H and O–H groups in total. The fourth-order valence-electron chi connectivity index (χ4n) is 1.56. The van der Waals surface area contributed by atoms with Crippen LogP contribution in [-0.4, -0.2) is 45.0 Å². The molecule has 0 saturated carbocycles. The predicted octanol–water partition coefficient (Wildman–Crippen LogP) is 1.22. The van der Waals surface area contributed by atoms with Crippen molar-refractivity contribution in [2.24, 2.45) is 0 Å². The van der Waals surface area contributed by atoms with E-state index in [1.807, 2.05) is 19.0 Å². The van der Waals surface area contributed by atoms with E-state index < -0.39 is 5.97 Å². The highest BCUT2D eigenvalue weighted by Crippen LogP contribution is 2.27. The molecule has 0 fully saturated rings. The Hall–Kier alpha value is -1.73. The summed E-state index contributed by atoms with van der Waals surface area (Å²) in [6.45, 7) is 0. The lowest BCUT2D eigenvalue weighted by Crippen LogP contribution is -2.21. The molecule has 2 rings (SSSR count). The second-order valence-corrected chi connectivity index (χ2v) is 4.64. The number of aromatic amines is 1. The van der Waals surface area contributed by atoms with Crippen molar-refractivity contribution >= 4 is 17.3 Å². The van der Waals surface area contributed by atoms with Crippen LogP contribution in [0.5, 0.6) is 0 Å². The number of aromatic carboxylic acids is 1. The first-order valence-corrected chi connectivity index (χ1v) is 5.81. The third kappa shape index (κ3) is 2.34. The number of nitrogens with one attached hydrogen (secondary N) is 1. The molecule has 17 heavy (non-hydrogen) atoms. The van der Waals surface area contributed by atoms with Crippen LogP contribution in [0.3, 0.4) is 0 Å². The summed E-state index contributed by atoms with van der Waals surface area (Å²) in [5.74, 6) is -1.00. The molecular formula is C10H12N4O2S. The van der Waals surface area contributed by atoms with Crippen molar-refractivity contribution in [2.75, 3.05) is 14.1 Å². The normalized spacial score (nSPS) is 12.9. The van der Waals surface area contributed by atoms with Crippen LogP contribution in [0.25, 0.3) is 0 Å². The van der Waals surface area contributed by atoms with Crippen molar-refractivity contribution in [3.63, 3.8) is 0 Å². The molecule has 0 aliphatic carbocycles. The second-order valence-electron chi connectivity index (χ2n) is 3.75. The van der Waals surface area contributed by atoms with Crippen LogP contribution in [0.15, 0.2) is 17.9 Å². The molecular weight excluding hydrogens is 240 g/mol. The molecule has 2 aromatic heterocycles. The lowest BCUT2D eigenvalue weighted by Gasteiger charge is -2.20. The quantitative estimate of drug-likeness (QED) is 0.854. The van der Waals surface area contributed by atoms with E-state index in [4.69, 9.17) is 5.11 Å². The first-order chi connectivity index (χ1) is 8.09. The standard InChI is InChI=1S/C10H12N4O2S/c1-14(2)8(6-3-11-5-12-6)9-13-7(4-17-9)10(15)16/h3-5,8H,1-2H3,(H,11,12)(H,15,16). The Morgan fingerprint density at radius 1 is 1.59 bits per heavy atom. The topological polar surface area (TPSA) is 82.1 Å². The molecule has 1 unspecified atom stereocenters. The van der Waals surface area contributed by atoms with Crippen molar-refractivity contribution in [3.8, 4) is 0 Å². The third-order valence-corrected chi connectivity index (χ3v) is 3.20. The molecule has 0 aromatic carbocycles. The Balaban J connectivity index is 2.36. The minimum atomic E-state index is -1.00. The van der Waals surface area contributed by atoms with Crippen molar-refractivity contribution in [1.29, 1.82) is 0 Å². The SMILES string of the molecule is CN(C)C(c1cnc[nH]1)c1nc(C(=O)O)cs1. The Morgan fingerprint density at radius 2 is 2.35 bits per heavy atom. The Morgan fingerprint density at radius 3 is 2.82 bits per heavy atom. The smallest absolute Gasteiger partial charge is 0.355 e. The molecule has 0 aliphatic heterocycles. The predicted molar refractivity (Wildman–Crippen MR) is 63.2 cm³/mol. The third-order valence-electron chi connectivity index (χ3n) is 2.31. The van der Waals surface area contributed by atoms with E-state index in [0.29, 0.717) is 0 Å². The first kappa shape index (κ1) is 11.7. The fraction of sp³-hybridized carbons (Fsp3) is 0.300. The highest BCUT2D eigenvalue weighted by molar-refractivity contribution is 7.09. The van der Waals surface area contributed by atoms with Crippen LogP contribution in [0.2, 0.25) is 0 Å². The van der Waals surface area contributed by atoms with Crippen molar-refractivity contribution < 1.29 is 9.90 Å². The van der Waals surface area contributed by atoms with Crippen molar-refractivity contribution in [2.45, 2.75) is 6.04 Å². The zero-order valence-electron chi connectivity index (χ0n) is 9.41. The highest BCUT2D eigenvalue weighted by Gasteiger charge is 2.22. The van der Waals surface area contributed by atoms with Crippen LogP contribution in [0.4, 0.5) is 0 Å². The highest BCUT2D eigenvalue weighted by atomic mass is 32.1. The molecule has 6 nitrogen and oxygen atoms in total. The molecule has 0 aliphatic rings. The van der Waals surface area contributed by atoms with Gasteiger partial charge in [0.1, 0.15) is 11.0 Å². The molecule has 0 spiro atoms. The average molecular weight is 252 g/mol. The van der Waals surface area contributed by atoms with Crippen molar-refractivity contribution in [1.82, 2.24) is 19.9 Å². The molecule has 0 amide bonds. The van der Waals surface area contributed by atoms with Gasteiger partial charge in [0, 0.05) is 11.6 Å². The van der Waals surface area contributed by atoms with Gasteiger partial charge < -0.3 is 10.1 Å². The summed E-state index contributed by atoms with van der Waals surface area (Å²) in [6, 6.07) is -0.101. The zero-order valence-corrected chi connectivity index (χ0v) is 10.2. The number of nitrogens with zero attached hydrogens (tertiary/aromatic N) is 3. The molecule has 2 heterocycles. The number of aromatic nitrogens is 3. The number of rotatable bonds is 4. The van der Waals surface area contributed by atoms with Crippen molar-refractivity contribution in [3.05, 3.63) is 34.3 Å². The summed E-state index contributed by atoms with van der Waals surface area (Å²) in [5.41, 5.74) is 0.970. The number of imidazole rings is 1. The Kier molecular flexibility index (Phi) is 3.21. The van der Waals surface area contributed by atoms with Crippen LogP contribution in [0.1, 0.15) is 27.2 Å². The van der Waals surface area contributed by atoms with E-state index in [1.54, 1.807) is 17.9 Å². The minimum absolute atomic E-state index is 0.0800. The van der Waals surface area contributed by atoms with Gasteiger partial charge >= 0.3 is 5.97 Å². The van der Waals surface area contributed by atoms with Gasteiger partial charge in [0.05, 0.1) is 12.0 Å². The van der Waals surface area contributed by atoms with E-state index in [2.05, 4.69) is 15.0 Å². The molecule has 0 saturated heterocycles. The number of carboxylic acids is 1. The van der Waals surface area contributed by atoms with Crippen LogP contribution in [0, 0.1) is 0 Å². The number of hydrogen-bond acceptors (Lipinski definition) is 5. The first-order valence-electron chi connectivity index (χ1n) is 4.93. The maximum absolute atomic E-state index is 10.8. The average Bonchev–Trinajstić information content (AvgIpc) is 2.88. The second kappa shape index (κ2) is 4.64. The number of carboxylic acid groups (broad SMARTS) is 1. The van der Waals surface area contributed by atoms with Gasteiger partial charge in [0.25, 0.3) is 0 Å². The molecule has 0 bridgehead atoms. The van der Waals surface area contributed by atoms with E-state index in [9.17, 15) is 4.79 Å². The number of hydrogen-bond donors (Lipinski definition) is 2. The lowest BCUT2D eigenvalue weighted by atomic mass is 10.2. The fourth-order valence-corrected chi connectivity index (χ4v) is 2.56. The Bertz CT molecular complexity index is 506. The number of H-pyrrole nitrogens is 1. The lowest BCUT2D eigenvalue weighted by molar-refractivity contribution is 0.0691. The van der Waals surface area contributed by atoms with Gasteiger partial charge in [0.15, 0.2) is 5.69 Å². The van der Waals surface area contributed by atoms with E-state index >= 15 is 0 Å². The molecule has 90 valence electrons. The minimum Gasteiger partial charge on any atom is -0.476 e. The summed E-state index contributed by atoms with van der Waals surface area (Å²) in [7, 11) is 3.82. The largest absolute Gasteiger partial charge is 0.476 e. The molecule has 0 radical (unpaired) electrons. The van der Waals surface area contributed by atoms with Gasteiger partial charge in [0.2, 0.25) is 0 Å². The monoisotopic (exact) mass is 252 g/mol. The van der Waals surface area contributed by atoms with Gasteiger partial charge in [-0.15, -0.1) is 11.3 Å². The number of carbonyl (C=O) groups is 1. The Labute approximate surface area is 102 Å². The summed E-state index contributed by atoms with van der Waals surface area (Å²) in [5, 5.41) is 11.1. The number of thiazole rings is 1. The van der Waals surface area contributed by atoms with Gasteiger partial charge in [-0.2, -0.15) is 0 Å². The van der Waals surface area contributed by atoms with Crippen LogP contribution in [-0.2, 0) is 0 Å². The van der Waals surface area contributed by atoms with E-state index in [1.165, 1.54) is 11.3 Å². The van der Waals surface area contributed by atoms with Crippen LogP contribution >= 0.6 is 11.3 Å². The van der Waals surface area contributed by atoms with E-state index in [-0.39, 0.29) is 11.7 Å². The maximum atomic E-state index is 10.8. The summed E-state index contributed by atoms with van der Waals surface area (Å²) in [6.07, 6.45) is 3.31. The van der Waals surface area contributed by atoms with Gasteiger partial charge in [-0.25, -0.2) is 14.8 Å². The molecule has 1 atom stereocenters. The molecule has 2 aromatic rings. The van der Waals surface area contributed by atoms with Gasteiger partial charge in [-0.05, 0) is 14.1 Å². The maximum Gasteiger partial charge on any atom is 0.355 e. The van der Waals surface area contributed by atoms with Gasteiger partial charge in [-0.3, -0.25) is 4.90 Å². The summed E-state index contributed by atoms with van der Waals surface area (Å²) < 4.78 is 0.